The van der Waals surface area contributed by atoms with Crippen LogP contribution < -0.4 is 0 Å². The monoisotopic (exact) mass is 262 g/mol. The van der Waals surface area contributed by atoms with Gasteiger partial charge in [-0.1, -0.05) is 52.3 Å². The number of benzene rings is 2. The molecule has 0 spiro atoms. The SMILES string of the molecule is Cc1ccc(C(=O)CBr)c2ccccc12. The third kappa shape index (κ3) is 1.82. The molecule has 0 unspecified atom stereocenters. The maximum Gasteiger partial charge on any atom is 0.173 e. The minimum Gasteiger partial charge on any atom is -0.293 e. The summed E-state index contributed by atoms with van der Waals surface area (Å²) in [5.41, 5.74) is 2.00. The van der Waals surface area contributed by atoms with Gasteiger partial charge in [0.25, 0.3) is 0 Å². The smallest absolute Gasteiger partial charge is 0.173 e. The van der Waals surface area contributed by atoms with Gasteiger partial charge < -0.3 is 0 Å². The van der Waals surface area contributed by atoms with Gasteiger partial charge in [-0.15, -0.1) is 0 Å². The summed E-state index contributed by atoms with van der Waals surface area (Å²) in [4.78, 5) is 11.7. The first kappa shape index (κ1) is 10.4. The topological polar surface area (TPSA) is 17.1 Å². The second-order valence-electron chi connectivity index (χ2n) is 3.53. The summed E-state index contributed by atoms with van der Waals surface area (Å²) in [5.74, 6) is 0.131. The van der Waals surface area contributed by atoms with Crippen molar-refractivity contribution in [1.82, 2.24) is 0 Å². The van der Waals surface area contributed by atoms with E-state index in [0.717, 1.165) is 16.3 Å². The normalized spacial score (nSPS) is 10.5. The van der Waals surface area contributed by atoms with Gasteiger partial charge in [-0.25, -0.2) is 0 Å². The minimum absolute atomic E-state index is 0.131. The van der Waals surface area contributed by atoms with Crippen molar-refractivity contribution in [3.63, 3.8) is 0 Å². The number of Topliss-reactive ketones (excluding diaryl/α,β-unsaturated/α-hetero) is 1. The lowest BCUT2D eigenvalue weighted by Gasteiger charge is -2.06. The Balaban J connectivity index is 2.77. The molecule has 15 heavy (non-hydrogen) atoms. The number of hydrogen-bond donors (Lipinski definition) is 0. The fourth-order valence-corrected chi connectivity index (χ4v) is 2.07. The first-order valence-corrected chi connectivity index (χ1v) is 5.93. The van der Waals surface area contributed by atoms with Crippen molar-refractivity contribution < 1.29 is 4.79 Å². The highest BCUT2D eigenvalue weighted by molar-refractivity contribution is 9.09. The number of halogens is 1. The summed E-state index contributed by atoms with van der Waals surface area (Å²) in [5, 5.41) is 2.58. The molecular formula is C13H11BrO. The van der Waals surface area contributed by atoms with E-state index in [9.17, 15) is 4.79 Å². The van der Waals surface area contributed by atoms with E-state index in [-0.39, 0.29) is 5.78 Å². The zero-order valence-corrected chi connectivity index (χ0v) is 10.0. The van der Waals surface area contributed by atoms with Crippen LogP contribution in [0.5, 0.6) is 0 Å². The molecular weight excluding hydrogens is 252 g/mol. The van der Waals surface area contributed by atoms with Gasteiger partial charge in [0.1, 0.15) is 0 Å². The summed E-state index contributed by atoms with van der Waals surface area (Å²) in [6.45, 7) is 2.06. The van der Waals surface area contributed by atoms with E-state index in [0.29, 0.717) is 5.33 Å². The number of aryl methyl sites for hydroxylation is 1. The predicted molar refractivity (Wildman–Crippen MR) is 66.8 cm³/mol. The van der Waals surface area contributed by atoms with E-state index < -0.39 is 0 Å². The largest absolute Gasteiger partial charge is 0.293 e. The second kappa shape index (κ2) is 4.15. The fourth-order valence-electron chi connectivity index (χ4n) is 1.76. The van der Waals surface area contributed by atoms with Crippen molar-refractivity contribution in [2.24, 2.45) is 0 Å². The van der Waals surface area contributed by atoms with E-state index in [2.05, 4.69) is 28.9 Å². The quantitative estimate of drug-likeness (QED) is 0.596. The Morgan fingerprint density at radius 3 is 2.47 bits per heavy atom. The first-order valence-electron chi connectivity index (χ1n) is 4.81. The molecule has 0 aliphatic heterocycles. The van der Waals surface area contributed by atoms with E-state index in [1.807, 2.05) is 30.3 Å². The van der Waals surface area contributed by atoms with Crippen molar-refractivity contribution in [3.8, 4) is 0 Å². The van der Waals surface area contributed by atoms with Crippen molar-refractivity contribution in [2.45, 2.75) is 6.92 Å². The molecule has 76 valence electrons. The Morgan fingerprint density at radius 2 is 1.80 bits per heavy atom. The molecule has 1 nitrogen and oxygen atoms in total. The summed E-state index contributed by atoms with van der Waals surface area (Å²) in [6.07, 6.45) is 0. The first-order chi connectivity index (χ1) is 7.24. The van der Waals surface area contributed by atoms with Crippen LogP contribution in [0.2, 0.25) is 0 Å². The third-order valence-corrected chi connectivity index (χ3v) is 3.07. The van der Waals surface area contributed by atoms with Crippen LogP contribution in [0.15, 0.2) is 36.4 Å². The Hall–Kier alpha value is -1.15. The van der Waals surface area contributed by atoms with Crippen LogP contribution in [0.1, 0.15) is 15.9 Å². The van der Waals surface area contributed by atoms with Crippen molar-refractivity contribution in [1.29, 1.82) is 0 Å². The number of alkyl halides is 1. The van der Waals surface area contributed by atoms with Gasteiger partial charge in [-0.2, -0.15) is 0 Å². The molecule has 0 saturated heterocycles. The highest BCUT2D eigenvalue weighted by Crippen LogP contribution is 2.22. The zero-order chi connectivity index (χ0) is 10.8. The molecule has 0 saturated carbocycles. The lowest BCUT2D eigenvalue weighted by Crippen LogP contribution is -2.01. The Kier molecular flexibility index (Phi) is 2.87. The maximum atomic E-state index is 11.7. The number of carbonyl (C=O) groups is 1. The molecule has 0 aliphatic carbocycles. The van der Waals surface area contributed by atoms with Crippen LogP contribution in [0, 0.1) is 6.92 Å². The van der Waals surface area contributed by atoms with E-state index in [4.69, 9.17) is 0 Å². The molecule has 0 bridgehead atoms. The molecule has 2 aromatic carbocycles. The molecule has 0 fully saturated rings. The highest BCUT2D eigenvalue weighted by atomic mass is 79.9. The van der Waals surface area contributed by atoms with Crippen molar-refractivity contribution in [3.05, 3.63) is 47.5 Å². The van der Waals surface area contributed by atoms with Crippen LogP contribution in [-0.4, -0.2) is 11.1 Å². The fraction of sp³-hybridized carbons (Fsp3) is 0.154. The van der Waals surface area contributed by atoms with Gasteiger partial charge in [-0.3, -0.25) is 4.79 Å². The van der Waals surface area contributed by atoms with Crippen LogP contribution in [0.25, 0.3) is 10.8 Å². The van der Waals surface area contributed by atoms with Crippen LogP contribution in [-0.2, 0) is 0 Å². The van der Waals surface area contributed by atoms with Crippen molar-refractivity contribution >= 4 is 32.5 Å². The molecule has 2 rings (SSSR count). The number of fused-ring (bicyclic) bond motifs is 1. The lowest BCUT2D eigenvalue weighted by molar-refractivity contribution is 0.102. The van der Waals surface area contributed by atoms with Gasteiger partial charge in [0.15, 0.2) is 5.78 Å². The zero-order valence-electron chi connectivity index (χ0n) is 8.46. The van der Waals surface area contributed by atoms with Gasteiger partial charge in [0.2, 0.25) is 0 Å². The van der Waals surface area contributed by atoms with Gasteiger partial charge >= 0.3 is 0 Å². The Labute approximate surface area is 97.2 Å². The average Bonchev–Trinajstić information content (AvgIpc) is 2.29. The molecule has 0 aliphatic rings. The Morgan fingerprint density at radius 1 is 1.13 bits per heavy atom. The molecule has 0 heterocycles. The van der Waals surface area contributed by atoms with Crippen LogP contribution in [0.3, 0.4) is 0 Å². The highest BCUT2D eigenvalue weighted by Gasteiger charge is 2.08. The van der Waals surface area contributed by atoms with E-state index in [1.165, 1.54) is 5.56 Å². The van der Waals surface area contributed by atoms with E-state index in [1.54, 1.807) is 0 Å². The number of ketones is 1. The average molecular weight is 263 g/mol. The summed E-state index contributed by atoms with van der Waals surface area (Å²) < 4.78 is 0. The minimum atomic E-state index is 0.131. The Bertz CT molecular complexity index is 517. The molecule has 2 heteroatoms. The number of carbonyl (C=O) groups excluding carboxylic acids is 1. The molecule has 0 atom stereocenters. The van der Waals surface area contributed by atoms with Gasteiger partial charge in [0, 0.05) is 5.56 Å². The van der Waals surface area contributed by atoms with Gasteiger partial charge in [0.05, 0.1) is 5.33 Å². The number of hydrogen-bond acceptors (Lipinski definition) is 1. The maximum absolute atomic E-state index is 11.7. The third-order valence-electron chi connectivity index (χ3n) is 2.56. The van der Waals surface area contributed by atoms with Crippen LogP contribution in [0.4, 0.5) is 0 Å². The molecule has 0 radical (unpaired) electrons. The summed E-state index contributed by atoms with van der Waals surface area (Å²) in [7, 11) is 0. The molecule has 0 N–H and O–H groups in total. The molecule has 0 amide bonds. The summed E-state index contributed by atoms with van der Waals surface area (Å²) in [6, 6.07) is 11.9. The standard InChI is InChI=1S/C13H11BrO/c1-9-6-7-12(13(15)8-14)11-5-3-2-4-10(9)11/h2-7H,8H2,1H3. The van der Waals surface area contributed by atoms with Crippen LogP contribution >= 0.6 is 15.9 Å². The lowest BCUT2D eigenvalue weighted by atomic mass is 9.98. The molecule has 0 aromatic heterocycles. The number of rotatable bonds is 2. The summed E-state index contributed by atoms with van der Waals surface area (Å²) >= 11 is 3.21. The van der Waals surface area contributed by atoms with Gasteiger partial charge in [-0.05, 0) is 23.3 Å². The van der Waals surface area contributed by atoms with E-state index >= 15 is 0 Å². The van der Waals surface area contributed by atoms with Crippen molar-refractivity contribution in [2.75, 3.05) is 5.33 Å². The molecule has 2 aromatic rings. The predicted octanol–water partition coefficient (Wildman–Crippen LogP) is 3.73. The second-order valence-corrected chi connectivity index (χ2v) is 4.09.